The number of aromatic nitrogens is 3. The largest absolute Gasteiger partial charge is 0.497 e. The molecule has 4 rings (SSSR count). The lowest BCUT2D eigenvalue weighted by molar-refractivity contribution is 0.323. The lowest BCUT2D eigenvalue weighted by Crippen LogP contribution is -2.18. The number of benzene rings is 1. The van der Waals surface area contributed by atoms with Crippen LogP contribution in [-0.2, 0) is 0 Å². The molecule has 1 saturated carbocycles. The van der Waals surface area contributed by atoms with Crippen molar-refractivity contribution in [1.29, 1.82) is 5.26 Å². The first-order chi connectivity index (χ1) is 11.7. The molecule has 2 aromatic heterocycles. The van der Waals surface area contributed by atoms with Crippen molar-refractivity contribution in [3.05, 3.63) is 41.7 Å². The highest BCUT2D eigenvalue weighted by Gasteiger charge is 2.29. The Labute approximate surface area is 140 Å². The molecule has 1 fully saturated rings. The standard InChI is InChI=1S/C19H18N4O/c1-12-10-21-19(22-11-12)18-16(9-20)15-7-6-14(24-2)8-17(15)23(18)13-4-3-5-13/h6-8,10-11,13H,3-5H2,1-2H3. The Morgan fingerprint density at radius 3 is 2.58 bits per heavy atom. The summed E-state index contributed by atoms with van der Waals surface area (Å²) in [5, 5.41) is 10.7. The number of fused-ring (bicyclic) bond motifs is 1. The molecule has 0 atom stereocenters. The van der Waals surface area contributed by atoms with E-state index in [1.54, 1.807) is 19.5 Å². The Morgan fingerprint density at radius 2 is 2.00 bits per heavy atom. The molecule has 1 aliphatic carbocycles. The number of hydrogen-bond acceptors (Lipinski definition) is 4. The van der Waals surface area contributed by atoms with Crippen molar-refractivity contribution < 1.29 is 4.74 Å². The van der Waals surface area contributed by atoms with E-state index in [9.17, 15) is 5.26 Å². The van der Waals surface area contributed by atoms with Crippen LogP contribution in [0.5, 0.6) is 5.75 Å². The van der Waals surface area contributed by atoms with Gasteiger partial charge in [0, 0.05) is 29.9 Å². The van der Waals surface area contributed by atoms with Crippen molar-refractivity contribution in [1.82, 2.24) is 14.5 Å². The van der Waals surface area contributed by atoms with Gasteiger partial charge in [0.25, 0.3) is 0 Å². The first-order valence-electron chi connectivity index (χ1n) is 8.14. The Kier molecular flexibility index (Phi) is 3.46. The van der Waals surface area contributed by atoms with E-state index in [0.717, 1.165) is 40.8 Å². The second-order valence-corrected chi connectivity index (χ2v) is 6.26. The zero-order chi connectivity index (χ0) is 16.7. The monoisotopic (exact) mass is 318 g/mol. The molecule has 5 nitrogen and oxygen atoms in total. The first kappa shape index (κ1) is 14.7. The Morgan fingerprint density at radius 1 is 1.25 bits per heavy atom. The predicted octanol–water partition coefficient (Wildman–Crippen LogP) is 4.01. The SMILES string of the molecule is COc1ccc2c(C#N)c(-c3ncc(C)cn3)n(C3CCC3)c2c1. The molecule has 0 spiro atoms. The fourth-order valence-electron chi connectivity index (χ4n) is 3.29. The molecule has 0 radical (unpaired) electrons. The van der Waals surface area contributed by atoms with Crippen LogP contribution >= 0.6 is 0 Å². The van der Waals surface area contributed by atoms with Gasteiger partial charge in [-0.1, -0.05) is 0 Å². The molecule has 0 aliphatic heterocycles. The van der Waals surface area contributed by atoms with Gasteiger partial charge in [-0.3, -0.25) is 0 Å². The van der Waals surface area contributed by atoms with Gasteiger partial charge in [-0.2, -0.15) is 5.26 Å². The minimum Gasteiger partial charge on any atom is -0.497 e. The predicted molar refractivity (Wildman–Crippen MR) is 91.9 cm³/mol. The summed E-state index contributed by atoms with van der Waals surface area (Å²) in [7, 11) is 1.66. The summed E-state index contributed by atoms with van der Waals surface area (Å²) in [5.41, 5.74) is 3.49. The molecule has 0 amide bonds. The summed E-state index contributed by atoms with van der Waals surface area (Å²) in [6.07, 6.45) is 7.04. The zero-order valence-corrected chi connectivity index (χ0v) is 13.8. The molecule has 5 heteroatoms. The molecule has 0 unspecified atom stereocenters. The van der Waals surface area contributed by atoms with Crippen molar-refractivity contribution in [3.63, 3.8) is 0 Å². The number of aryl methyl sites for hydroxylation is 1. The van der Waals surface area contributed by atoms with Gasteiger partial charge in [-0.15, -0.1) is 0 Å². The van der Waals surface area contributed by atoms with E-state index in [4.69, 9.17) is 4.74 Å². The normalized spacial score (nSPS) is 14.4. The first-order valence-corrected chi connectivity index (χ1v) is 8.14. The molecular weight excluding hydrogens is 300 g/mol. The summed E-state index contributed by atoms with van der Waals surface area (Å²) in [6.45, 7) is 1.96. The van der Waals surface area contributed by atoms with Crippen LogP contribution in [0.4, 0.5) is 0 Å². The number of nitrogens with zero attached hydrogens (tertiary/aromatic N) is 4. The summed E-state index contributed by atoms with van der Waals surface area (Å²) in [4.78, 5) is 8.96. The highest BCUT2D eigenvalue weighted by atomic mass is 16.5. The maximum absolute atomic E-state index is 9.79. The number of methoxy groups -OCH3 is 1. The Balaban J connectivity index is 2.06. The third kappa shape index (κ3) is 2.15. The molecule has 0 bridgehead atoms. The van der Waals surface area contributed by atoms with E-state index in [1.807, 2.05) is 25.1 Å². The molecule has 2 heterocycles. The lowest BCUT2D eigenvalue weighted by atomic mass is 9.92. The fraction of sp³-hybridized carbons (Fsp3) is 0.316. The van der Waals surface area contributed by atoms with Gasteiger partial charge in [0.2, 0.25) is 0 Å². The Hall–Kier alpha value is -2.87. The van der Waals surface area contributed by atoms with Crippen LogP contribution < -0.4 is 4.74 Å². The summed E-state index contributed by atoms with van der Waals surface area (Å²) in [5.74, 6) is 1.40. The van der Waals surface area contributed by atoms with E-state index >= 15 is 0 Å². The van der Waals surface area contributed by atoms with Crippen LogP contribution in [0.25, 0.3) is 22.4 Å². The van der Waals surface area contributed by atoms with E-state index < -0.39 is 0 Å². The molecule has 120 valence electrons. The highest BCUT2D eigenvalue weighted by Crippen LogP contribution is 2.42. The fourth-order valence-corrected chi connectivity index (χ4v) is 3.29. The number of hydrogen-bond donors (Lipinski definition) is 0. The van der Waals surface area contributed by atoms with E-state index in [1.165, 1.54) is 6.42 Å². The summed E-state index contributed by atoms with van der Waals surface area (Å²) < 4.78 is 7.63. The van der Waals surface area contributed by atoms with Gasteiger partial charge in [-0.05, 0) is 43.9 Å². The third-order valence-corrected chi connectivity index (χ3v) is 4.76. The smallest absolute Gasteiger partial charge is 0.177 e. The molecular formula is C19H18N4O. The van der Waals surface area contributed by atoms with Crippen LogP contribution in [0.1, 0.15) is 36.4 Å². The zero-order valence-electron chi connectivity index (χ0n) is 13.8. The number of nitriles is 1. The van der Waals surface area contributed by atoms with E-state index in [2.05, 4.69) is 20.6 Å². The maximum Gasteiger partial charge on any atom is 0.177 e. The molecule has 24 heavy (non-hydrogen) atoms. The number of ether oxygens (including phenoxy) is 1. The summed E-state index contributed by atoms with van der Waals surface area (Å²) >= 11 is 0. The van der Waals surface area contributed by atoms with Gasteiger partial charge in [0.15, 0.2) is 5.82 Å². The van der Waals surface area contributed by atoms with Gasteiger partial charge in [0.05, 0.1) is 18.2 Å². The van der Waals surface area contributed by atoms with Crippen LogP contribution in [0.15, 0.2) is 30.6 Å². The highest BCUT2D eigenvalue weighted by molar-refractivity contribution is 5.94. The van der Waals surface area contributed by atoms with Crippen molar-refractivity contribution in [2.24, 2.45) is 0 Å². The average molecular weight is 318 g/mol. The van der Waals surface area contributed by atoms with E-state index in [0.29, 0.717) is 17.4 Å². The minimum absolute atomic E-state index is 0.390. The van der Waals surface area contributed by atoms with Crippen molar-refractivity contribution >= 4 is 10.9 Å². The van der Waals surface area contributed by atoms with Crippen LogP contribution in [-0.4, -0.2) is 21.6 Å². The molecule has 3 aromatic rings. The van der Waals surface area contributed by atoms with Crippen molar-refractivity contribution in [2.75, 3.05) is 7.11 Å². The average Bonchev–Trinajstić information content (AvgIpc) is 2.87. The number of rotatable bonds is 3. The quantitative estimate of drug-likeness (QED) is 0.732. The minimum atomic E-state index is 0.390. The van der Waals surface area contributed by atoms with Crippen molar-refractivity contribution in [2.45, 2.75) is 32.2 Å². The molecule has 1 aromatic carbocycles. The van der Waals surface area contributed by atoms with Gasteiger partial charge >= 0.3 is 0 Å². The lowest BCUT2D eigenvalue weighted by Gasteiger charge is -2.29. The molecule has 0 N–H and O–H groups in total. The van der Waals surface area contributed by atoms with Crippen LogP contribution in [0.3, 0.4) is 0 Å². The second kappa shape index (κ2) is 5.64. The van der Waals surface area contributed by atoms with E-state index in [-0.39, 0.29) is 0 Å². The maximum atomic E-state index is 9.79. The van der Waals surface area contributed by atoms with Gasteiger partial charge < -0.3 is 9.30 Å². The van der Waals surface area contributed by atoms with Crippen LogP contribution in [0, 0.1) is 18.3 Å². The summed E-state index contributed by atoms with van der Waals surface area (Å²) in [6, 6.07) is 8.62. The van der Waals surface area contributed by atoms with Crippen molar-refractivity contribution in [3.8, 4) is 23.3 Å². The third-order valence-electron chi connectivity index (χ3n) is 4.76. The van der Waals surface area contributed by atoms with Gasteiger partial charge in [0.1, 0.15) is 17.5 Å². The molecule has 0 saturated heterocycles. The molecule has 1 aliphatic rings. The van der Waals surface area contributed by atoms with Crippen LogP contribution in [0.2, 0.25) is 0 Å². The second-order valence-electron chi connectivity index (χ2n) is 6.26. The van der Waals surface area contributed by atoms with Gasteiger partial charge in [-0.25, -0.2) is 9.97 Å². The topological polar surface area (TPSA) is 63.7 Å². The Bertz CT molecular complexity index is 946.